The smallest absolute Gasteiger partial charge is 0.264 e. The summed E-state index contributed by atoms with van der Waals surface area (Å²) >= 11 is 0. The quantitative estimate of drug-likeness (QED) is 0.0790. The fraction of sp³-hybridized carbons (Fsp3) is 1.00. The van der Waals surface area contributed by atoms with E-state index in [0.717, 1.165) is 25.7 Å². The molecule has 0 aliphatic carbocycles. The molecule has 1 atom stereocenters. The van der Waals surface area contributed by atoms with Crippen LogP contribution in [-0.4, -0.2) is 19.6 Å². The van der Waals surface area contributed by atoms with Gasteiger partial charge in [0.15, 0.2) is 0 Å². The van der Waals surface area contributed by atoms with Crippen molar-refractivity contribution in [2.45, 2.75) is 181 Å². The highest BCUT2D eigenvalue weighted by atomic mass is 32.3. The van der Waals surface area contributed by atoms with Gasteiger partial charge in [0, 0.05) is 0 Å². The summed E-state index contributed by atoms with van der Waals surface area (Å²) in [5.41, 5.74) is 0. The van der Waals surface area contributed by atoms with E-state index in [2.05, 4.69) is 13.8 Å². The van der Waals surface area contributed by atoms with Gasteiger partial charge in [-0.25, -0.2) is 4.18 Å². The summed E-state index contributed by atoms with van der Waals surface area (Å²) in [7, 11) is -4.33. The summed E-state index contributed by atoms with van der Waals surface area (Å²) in [6.07, 6.45) is 34.0. The van der Waals surface area contributed by atoms with E-state index >= 15 is 0 Å². The first-order valence-electron chi connectivity index (χ1n) is 15.6. The molecule has 0 aromatic heterocycles. The van der Waals surface area contributed by atoms with Gasteiger partial charge in [-0.15, -0.1) is 0 Å². The molecule has 0 aliphatic heterocycles. The van der Waals surface area contributed by atoms with Gasteiger partial charge in [0.2, 0.25) is 0 Å². The third kappa shape index (κ3) is 30.0. The molecule has 1 unspecified atom stereocenters. The zero-order valence-electron chi connectivity index (χ0n) is 23.7. The molecule has 5 heteroatoms. The highest BCUT2D eigenvalue weighted by Crippen LogP contribution is 2.21. The standard InChI is InChI=1S/C30H62O4S/c1-3-5-7-9-11-13-15-16-17-18-20-22-24-26-28-30(29-34-35(31,32)33)27-25-23-21-19-14-12-10-8-6-4-2/h30H,3-29H2,1-2H3,(H,31,32,33). The van der Waals surface area contributed by atoms with Gasteiger partial charge in [-0.3, -0.25) is 4.55 Å². The zero-order valence-corrected chi connectivity index (χ0v) is 24.6. The highest BCUT2D eigenvalue weighted by molar-refractivity contribution is 7.80. The van der Waals surface area contributed by atoms with Gasteiger partial charge >= 0.3 is 10.4 Å². The van der Waals surface area contributed by atoms with Gasteiger partial charge in [-0.1, -0.05) is 168 Å². The predicted molar refractivity (Wildman–Crippen MR) is 152 cm³/mol. The van der Waals surface area contributed by atoms with Crippen LogP contribution in [0.15, 0.2) is 0 Å². The fourth-order valence-electron chi connectivity index (χ4n) is 5.04. The molecule has 0 saturated carbocycles. The van der Waals surface area contributed by atoms with Crippen molar-refractivity contribution < 1.29 is 17.2 Å². The lowest BCUT2D eigenvalue weighted by Crippen LogP contribution is -2.14. The first kappa shape index (κ1) is 34.9. The number of hydrogen-bond donors (Lipinski definition) is 1. The van der Waals surface area contributed by atoms with Crippen molar-refractivity contribution in [3.8, 4) is 0 Å². The molecule has 0 saturated heterocycles. The molecule has 0 spiro atoms. The average molecular weight is 519 g/mol. The molecule has 0 fully saturated rings. The van der Waals surface area contributed by atoms with Crippen molar-refractivity contribution >= 4 is 10.4 Å². The van der Waals surface area contributed by atoms with Gasteiger partial charge in [-0.2, -0.15) is 8.42 Å². The van der Waals surface area contributed by atoms with E-state index in [-0.39, 0.29) is 12.5 Å². The fourth-order valence-corrected chi connectivity index (χ4v) is 5.41. The van der Waals surface area contributed by atoms with E-state index in [1.807, 2.05) is 0 Å². The molecular formula is C30H62O4S. The maximum absolute atomic E-state index is 11.0. The van der Waals surface area contributed by atoms with Crippen molar-refractivity contribution in [3.63, 3.8) is 0 Å². The molecule has 1 N–H and O–H groups in total. The minimum Gasteiger partial charge on any atom is -0.264 e. The Hall–Kier alpha value is -0.130. The van der Waals surface area contributed by atoms with Crippen LogP contribution in [0.1, 0.15) is 181 Å². The molecule has 0 amide bonds. The SMILES string of the molecule is CCCCCCCCCCCCCCCCC(CCCCCCCCCCCC)COS(=O)(=O)O. The second-order valence-electron chi connectivity index (χ2n) is 10.9. The number of rotatable bonds is 29. The Balaban J connectivity index is 3.71. The average Bonchev–Trinajstić information content (AvgIpc) is 2.82. The van der Waals surface area contributed by atoms with E-state index in [1.54, 1.807) is 0 Å². The van der Waals surface area contributed by atoms with Crippen LogP contribution in [0.5, 0.6) is 0 Å². The van der Waals surface area contributed by atoms with E-state index in [9.17, 15) is 8.42 Å². The monoisotopic (exact) mass is 518 g/mol. The minimum atomic E-state index is -4.33. The summed E-state index contributed by atoms with van der Waals surface area (Å²) in [6, 6.07) is 0. The van der Waals surface area contributed by atoms with E-state index in [0.29, 0.717) is 0 Å². The molecule has 212 valence electrons. The second kappa shape index (κ2) is 26.9. The number of hydrogen-bond acceptors (Lipinski definition) is 3. The van der Waals surface area contributed by atoms with E-state index < -0.39 is 10.4 Å². The Morgan fingerprint density at radius 2 is 0.743 bits per heavy atom. The van der Waals surface area contributed by atoms with Crippen LogP contribution in [-0.2, 0) is 14.6 Å². The van der Waals surface area contributed by atoms with Crippen molar-refractivity contribution in [1.29, 1.82) is 0 Å². The molecule has 0 aromatic rings. The van der Waals surface area contributed by atoms with Gasteiger partial charge in [0.1, 0.15) is 0 Å². The number of unbranched alkanes of at least 4 members (excludes halogenated alkanes) is 22. The first-order valence-corrected chi connectivity index (χ1v) is 17.0. The normalized spacial score (nSPS) is 12.9. The van der Waals surface area contributed by atoms with Crippen LogP contribution < -0.4 is 0 Å². The minimum absolute atomic E-state index is 0.134. The molecular weight excluding hydrogens is 456 g/mol. The van der Waals surface area contributed by atoms with Crippen molar-refractivity contribution in [3.05, 3.63) is 0 Å². The first-order chi connectivity index (χ1) is 17.0. The maximum Gasteiger partial charge on any atom is 0.397 e. The molecule has 35 heavy (non-hydrogen) atoms. The Morgan fingerprint density at radius 1 is 0.486 bits per heavy atom. The third-order valence-corrected chi connectivity index (χ3v) is 7.82. The van der Waals surface area contributed by atoms with Crippen molar-refractivity contribution in [1.82, 2.24) is 0 Å². The van der Waals surface area contributed by atoms with Crippen LogP contribution in [0.25, 0.3) is 0 Å². The molecule has 0 radical (unpaired) electrons. The lowest BCUT2D eigenvalue weighted by atomic mass is 9.94. The van der Waals surface area contributed by atoms with Crippen LogP contribution in [0.2, 0.25) is 0 Å². The Kier molecular flexibility index (Phi) is 26.8. The van der Waals surface area contributed by atoms with Crippen LogP contribution in [0, 0.1) is 5.92 Å². The van der Waals surface area contributed by atoms with Crippen LogP contribution in [0.3, 0.4) is 0 Å². The van der Waals surface area contributed by atoms with Gasteiger partial charge in [0.25, 0.3) is 0 Å². The van der Waals surface area contributed by atoms with E-state index in [4.69, 9.17) is 8.74 Å². The topological polar surface area (TPSA) is 63.6 Å². The largest absolute Gasteiger partial charge is 0.397 e. The molecule has 0 aliphatic rings. The predicted octanol–water partition coefficient (Wildman–Crippen LogP) is 10.6. The maximum atomic E-state index is 11.0. The Morgan fingerprint density at radius 3 is 1.00 bits per heavy atom. The molecule has 0 rings (SSSR count). The summed E-state index contributed by atoms with van der Waals surface area (Å²) in [4.78, 5) is 0. The summed E-state index contributed by atoms with van der Waals surface area (Å²) in [5, 5.41) is 0. The van der Waals surface area contributed by atoms with Crippen LogP contribution >= 0.6 is 0 Å². The van der Waals surface area contributed by atoms with Gasteiger partial charge < -0.3 is 0 Å². The lowest BCUT2D eigenvalue weighted by Gasteiger charge is -2.16. The van der Waals surface area contributed by atoms with Crippen LogP contribution in [0.4, 0.5) is 0 Å². The third-order valence-electron chi connectivity index (χ3n) is 7.38. The summed E-state index contributed by atoms with van der Waals surface area (Å²) in [6.45, 7) is 4.67. The van der Waals surface area contributed by atoms with Gasteiger partial charge in [0.05, 0.1) is 6.61 Å². The molecule has 0 aromatic carbocycles. The van der Waals surface area contributed by atoms with Crippen molar-refractivity contribution in [2.75, 3.05) is 6.61 Å². The molecule has 4 nitrogen and oxygen atoms in total. The van der Waals surface area contributed by atoms with Gasteiger partial charge in [-0.05, 0) is 18.8 Å². The van der Waals surface area contributed by atoms with Crippen molar-refractivity contribution in [2.24, 2.45) is 5.92 Å². The Labute approximate surface area is 220 Å². The molecule has 0 bridgehead atoms. The summed E-state index contributed by atoms with van der Waals surface area (Å²) in [5.74, 6) is 0.239. The highest BCUT2D eigenvalue weighted by Gasteiger charge is 2.13. The summed E-state index contributed by atoms with van der Waals surface area (Å²) < 4.78 is 35.7. The zero-order chi connectivity index (χ0) is 25.9. The van der Waals surface area contributed by atoms with E-state index in [1.165, 1.54) is 141 Å². The second-order valence-corrected chi connectivity index (χ2v) is 12.0. The Bertz CT molecular complexity index is 506. The lowest BCUT2D eigenvalue weighted by molar-refractivity contribution is 0.204. The molecule has 0 heterocycles.